The number of piperidine rings is 1. The van der Waals surface area contributed by atoms with Crippen LogP contribution in [0.2, 0.25) is 0 Å². The van der Waals surface area contributed by atoms with Crippen molar-refractivity contribution in [2.75, 3.05) is 13.2 Å². The number of hydrogen-bond donors (Lipinski definition) is 1. The van der Waals surface area contributed by atoms with Crippen molar-refractivity contribution < 1.29 is 5.11 Å². The highest BCUT2D eigenvalue weighted by Gasteiger charge is 2.35. The number of fused-ring (bicyclic) bond motifs is 2. The molecule has 0 aromatic carbocycles. The third-order valence-electron chi connectivity index (χ3n) is 3.20. The van der Waals surface area contributed by atoms with Crippen LogP contribution < -0.4 is 0 Å². The van der Waals surface area contributed by atoms with Crippen LogP contribution >= 0.6 is 12.4 Å². The van der Waals surface area contributed by atoms with Crippen molar-refractivity contribution in [2.45, 2.75) is 44.2 Å². The highest BCUT2D eigenvalue weighted by Crippen LogP contribution is 2.34. The normalized spacial score (nSPS) is 34.8. The predicted octanol–water partition coefficient (Wildman–Crippen LogP) is 1.42. The van der Waals surface area contributed by atoms with Crippen LogP contribution in [0.1, 0.15) is 32.1 Å². The average molecular weight is 192 g/mol. The first kappa shape index (κ1) is 10.3. The third kappa shape index (κ3) is 1.76. The maximum Gasteiger partial charge on any atom is 0.0558 e. The van der Waals surface area contributed by atoms with Crippen LogP contribution in [0.5, 0.6) is 0 Å². The minimum absolute atomic E-state index is 0. The van der Waals surface area contributed by atoms with Gasteiger partial charge in [-0.3, -0.25) is 4.90 Å². The van der Waals surface area contributed by atoms with Gasteiger partial charge in [-0.15, -0.1) is 12.4 Å². The Labute approximate surface area is 80.4 Å². The Morgan fingerprint density at radius 3 is 2.17 bits per heavy atom. The maximum atomic E-state index is 8.84. The van der Waals surface area contributed by atoms with Crippen molar-refractivity contribution in [3.05, 3.63) is 0 Å². The molecule has 12 heavy (non-hydrogen) atoms. The minimum atomic E-state index is 0. The molecule has 2 bridgehead atoms. The topological polar surface area (TPSA) is 23.5 Å². The van der Waals surface area contributed by atoms with E-state index in [1.54, 1.807) is 0 Å². The molecule has 2 unspecified atom stereocenters. The van der Waals surface area contributed by atoms with Gasteiger partial charge < -0.3 is 5.11 Å². The standard InChI is InChI=1S/C9H17NO.ClH/c11-7-6-10-8-2-1-3-9(10)5-4-8;/h8-9,11H,1-7H2;1H. The molecular formula is C9H18ClNO. The highest BCUT2D eigenvalue weighted by molar-refractivity contribution is 5.85. The summed E-state index contributed by atoms with van der Waals surface area (Å²) in [5.41, 5.74) is 0. The Kier molecular flexibility index (Phi) is 3.81. The molecule has 2 aliphatic rings. The molecule has 2 saturated heterocycles. The van der Waals surface area contributed by atoms with E-state index >= 15 is 0 Å². The van der Waals surface area contributed by atoms with Crippen LogP contribution in [0.3, 0.4) is 0 Å². The van der Waals surface area contributed by atoms with Gasteiger partial charge in [-0.25, -0.2) is 0 Å². The Hall–Kier alpha value is 0.210. The summed E-state index contributed by atoms with van der Waals surface area (Å²) in [7, 11) is 0. The fourth-order valence-corrected chi connectivity index (χ4v) is 2.70. The number of halogens is 1. The molecule has 0 spiro atoms. The van der Waals surface area contributed by atoms with Crippen LogP contribution in [0.4, 0.5) is 0 Å². The Morgan fingerprint density at radius 1 is 1.08 bits per heavy atom. The van der Waals surface area contributed by atoms with Crippen LogP contribution in [0.25, 0.3) is 0 Å². The zero-order valence-corrected chi connectivity index (χ0v) is 8.22. The van der Waals surface area contributed by atoms with E-state index in [0.29, 0.717) is 6.61 Å². The smallest absolute Gasteiger partial charge is 0.0558 e. The van der Waals surface area contributed by atoms with Gasteiger partial charge in [0.15, 0.2) is 0 Å². The largest absolute Gasteiger partial charge is 0.395 e. The van der Waals surface area contributed by atoms with Crippen LogP contribution in [-0.4, -0.2) is 35.2 Å². The summed E-state index contributed by atoms with van der Waals surface area (Å²) in [5.74, 6) is 0. The van der Waals surface area contributed by atoms with E-state index in [1.807, 2.05) is 0 Å². The van der Waals surface area contributed by atoms with Crippen molar-refractivity contribution >= 4 is 12.4 Å². The molecule has 0 radical (unpaired) electrons. The Morgan fingerprint density at radius 2 is 1.67 bits per heavy atom. The fourth-order valence-electron chi connectivity index (χ4n) is 2.70. The van der Waals surface area contributed by atoms with Crippen molar-refractivity contribution in [2.24, 2.45) is 0 Å². The summed E-state index contributed by atoms with van der Waals surface area (Å²) < 4.78 is 0. The van der Waals surface area contributed by atoms with Crippen molar-refractivity contribution in [1.82, 2.24) is 4.90 Å². The lowest BCUT2D eigenvalue weighted by molar-refractivity contribution is 0.110. The monoisotopic (exact) mass is 191 g/mol. The first-order chi connectivity index (χ1) is 5.42. The Bertz CT molecular complexity index is 126. The van der Waals surface area contributed by atoms with E-state index < -0.39 is 0 Å². The Balaban J connectivity index is 0.000000720. The van der Waals surface area contributed by atoms with Crippen LogP contribution in [0.15, 0.2) is 0 Å². The van der Waals surface area contributed by atoms with Crippen molar-refractivity contribution in [3.63, 3.8) is 0 Å². The van der Waals surface area contributed by atoms with Gasteiger partial charge in [-0.05, 0) is 25.7 Å². The maximum absolute atomic E-state index is 8.84. The molecular weight excluding hydrogens is 174 g/mol. The summed E-state index contributed by atoms with van der Waals surface area (Å²) in [6.45, 7) is 1.25. The summed E-state index contributed by atoms with van der Waals surface area (Å²) in [4.78, 5) is 2.52. The van der Waals surface area contributed by atoms with E-state index in [1.165, 1.54) is 32.1 Å². The predicted molar refractivity (Wildman–Crippen MR) is 51.7 cm³/mol. The zero-order valence-electron chi connectivity index (χ0n) is 7.41. The molecule has 2 nitrogen and oxygen atoms in total. The second kappa shape index (κ2) is 4.45. The lowest BCUT2D eigenvalue weighted by Gasteiger charge is -2.33. The molecule has 0 saturated carbocycles. The van der Waals surface area contributed by atoms with E-state index in [4.69, 9.17) is 5.11 Å². The molecule has 0 aromatic heterocycles. The average Bonchev–Trinajstić information content (AvgIpc) is 2.30. The first-order valence-corrected chi connectivity index (χ1v) is 4.78. The lowest BCUT2D eigenvalue weighted by Crippen LogP contribution is -2.41. The van der Waals surface area contributed by atoms with Gasteiger partial charge in [0, 0.05) is 18.6 Å². The highest BCUT2D eigenvalue weighted by atomic mass is 35.5. The van der Waals surface area contributed by atoms with Gasteiger partial charge in [0.05, 0.1) is 6.61 Å². The van der Waals surface area contributed by atoms with Crippen LogP contribution in [-0.2, 0) is 0 Å². The quantitative estimate of drug-likeness (QED) is 0.714. The molecule has 0 aromatic rings. The molecule has 3 heteroatoms. The van der Waals surface area contributed by atoms with Crippen LogP contribution in [0, 0.1) is 0 Å². The molecule has 72 valence electrons. The number of nitrogens with zero attached hydrogens (tertiary/aromatic N) is 1. The number of aliphatic hydroxyl groups is 1. The van der Waals surface area contributed by atoms with Gasteiger partial charge in [-0.1, -0.05) is 6.42 Å². The SMILES string of the molecule is Cl.OCCN1C2CCCC1CC2. The number of hydrogen-bond acceptors (Lipinski definition) is 2. The molecule has 0 amide bonds. The van der Waals surface area contributed by atoms with E-state index in [-0.39, 0.29) is 12.4 Å². The molecule has 1 N–H and O–H groups in total. The minimum Gasteiger partial charge on any atom is -0.395 e. The first-order valence-electron chi connectivity index (χ1n) is 4.78. The van der Waals surface area contributed by atoms with Gasteiger partial charge in [0.2, 0.25) is 0 Å². The summed E-state index contributed by atoms with van der Waals surface area (Å²) in [5, 5.41) is 8.84. The number of aliphatic hydroxyl groups excluding tert-OH is 1. The molecule has 2 fully saturated rings. The molecule has 2 heterocycles. The van der Waals surface area contributed by atoms with E-state index in [0.717, 1.165) is 18.6 Å². The molecule has 2 rings (SSSR count). The van der Waals surface area contributed by atoms with Gasteiger partial charge in [0.1, 0.15) is 0 Å². The molecule has 2 aliphatic heterocycles. The van der Waals surface area contributed by atoms with Crippen molar-refractivity contribution in [3.8, 4) is 0 Å². The fraction of sp³-hybridized carbons (Fsp3) is 1.00. The van der Waals surface area contributed by atoms with E-state index in [2.05, 4.69) is 4.90 Å². The molecule has 2 atom stereocenters. The molecule has 0 aliphatic carbocycles. The van der Waals surface area contributed by atoms with Gasteiger partial charge in [-0.2, -0.15) is 0 Å². The lowest BCUT2D eigenvalue weighted by atomic mass is 10.0. The summed E-state index contributed by atoms with van der Waals surface area (Å²) in [6, 6.07) is 1.64. The van der Waals surface area contributed by atoms with Crippen molar-refractivity contribution in [1.29, 1.82) is 0 Å². The van der Waals surface area contributed by atoms with E-state index in [9.17, 15) is 0 Å². The third-order valence-corrected chi connectivity index (χ3v) is 3.20. The van der Waals surface area contributed by atoms with Gasteiger partial charge >= 0.3 is 0 Å². The van der Waals surface area contributed by atoms with Gasteiger partial charge in [0.25, 0.3) is 0 Å². The second-order valence-corrected chi connectivity index (χ2v) is 3.78. The summed E-state index contributed by atoms with van der Waals surface area (Å²) >= 11 is 0. The zero-order chi connectivity index (χ0) is 7.68. The summed E-state index contributed by atoms with van der Waals surface area (Å²) in [6.07, 6.45) is 6.92. The second-order valence-electron chi connectivity index (χ2n) is 3.78. The number of rotatable bonds is 2.